The average molecular weight is 814 g/mol. The fraction of sp³-hybridized carbons (Fsp3) is 0.844. The third kappa shape index (κ3) is 39.0. The van der Waals surface area contributed by atoms with Crippen molar-refractivity contribution in [1.29, 1.82) is 0 Å². The molecule has 3 unspecified atom stereocenters. The van der Waals surface area contributed by atoms with E-state index in [2.05, 4.69) is 26.0 Å². The Morgan fingerprint density at radius 2 is 0.982 bits per heavy atom. The predicted molar refractivity (Wildman–Crippen MR) is 229 cm³/mol. The van der Waals surface area contributed by atoms with E-state index in [-0.39, 0.29) is 19.4 Å². The summed E-state index contributed by atoms with van der Waals surface area (Å²) in [5.74, 6) is -1.39. The molecule has 3 atom stereocenters. The Labute approximate surface area is 342 Å². The number of nitrogens with two attached hydrogens (primary N) is 1. The van der Waals surface area contributed by atoms with Crippen LogP contribution >= 0.6 is 7.82 Å². The maximum atomic E-state index is 12.6. The van der Waals surface area contributed by atoms with Crippen molar-refractivity contribution in [1.82, 2.24) is 0 Å². The third-order valence-electron chi connectivity index (χ3n) is 9.92. The Balaban J connectivity index is 4.40. The van der Waals surface area contributed by atoms with Gasteiger partial charge in [-0.2, -0.15) is 0 Å². The molecule has 0 spiro atoms. The highest BCUT2D eigenvalue weighted by atomic mass is 31.2. The third-order valence-corrected chi connectivity index (χ3v) is 10.9. The normalized spacial score (nSPS) is 13.9. The van der Waals surface area contributed by atoms with Gasteiger partial charge in [0, 0.05) is 12.8 Å². The second-order valence-corrected chi connectivity index (χ2v) is 16.9. The summed E-state index contributed by atoms with van der Waals surface area (Å²) in [6.45, 7) is 4.37. The lowest BCUT2D eigenvalue weighted by Crippen LogP contribution is -2.33. The first kappa shape index (κ1) is 54.2. The van der Waals surface area contributed by atoms with Gasteiger partial charge in [0.15, 0.2) is 6.10 Å². The molecule has 0 aromatic heterocycles. The molecule has 3 N–H and O–H groups in total. The van der Waals surface area contributed by atoms with Crippen molar-refractivity contribution in [3.8, 4) is 0 Å². The zero-order valence-electron chi connectivity index (χ0n) is 36.0. The van der Waals surface area contributed by atoms with E-state index >= 15 is 0 Å². The van der Waals surface area contributed by atoms with E-state index in [1.165, 1.54) is 142 Å². The molecule has 0 fully saturated rings. The Hall–Kier alpha value is -1.84. The molecule has 0 amide bonds. The molecular formula is C45H84NO9P. The molecular weight excluding hydrogens is 729 g/mol. The van der Waals surface area contributed by atoms with E-state index in [0.29, 0.717) is 12.8 Å². The smallest absolute Gasteiger partial charge is 0.462 e. The van der Waals surface area contributed by atoms with Crippen molar-refractivity contribution in [3.63, 3.8) is 0 Å². The minimum atomic E-state index is -4.61. The lowest BCUT2D eigenvalue weighted by molar-refractivity contribution is -0.161. The van der Waals surface area contributed by atoms with Crippen LogP contribution in [0.15, 0.2) is 24.3 Å². The lowest BCUT2D eigenvalue weighted by Gasteiger charge is -2.20. The Bertz CT molecular complexity index is 1050. The van der Waals surface area contributed by atoms with Crippen LogP contribution in [0.4, 0.5) is 0 Å². The molecule has 0 aliphatic rings. The summed E-state index contributed by atoms with van der Waals surface area (Å²) in [5, 5.41) is 0. The second-order valence-electron chi connectivity index (χ2n) is 15.5. The summed E-state index contributed by atoms with van der Waals surface area (Å²) >= 11 is 0. The topological polar surface area (TPSA) is 151 Å². The van der Waals surface area contributed by atoms with Crippen molar-refractivity contribution >= 4 is 25.5 Å². The second kappa shape index (κ2) is 40.0. The van der Waals surface area contributed by atoms with E-state index < -0.39 is 50.9 Å². The number of esters is 2. The van der Waals surface area contributed by atoms with Gasteiger partial charge in [-0.1, -0.05) is 186 Å². The maximum Gasteiger partial charge on any atom is 0.472 e. The van der Waals surface area contributed by atoms with Gasteiger partial charge in [-0.25, -0.2) is 4.57 Å². The first-order chi connectivity index (χ1) is 27.1. The van der Waals surface area contributed by atoms with Crippen molar-refractivity contribution in [2.24, 2.45) is 5.73 Å². The molecule has 0 aromatic rings. The van der Waals surface area contributed by atoms with Crippen LogP contribution in [0.25, 0.3) is 0 Å². The molecule has 0 saturated carbocycles. The fourth-order valence-electron chi connectivity index (χ4n) is 6.22. The predicted octanol–water partition coefficient (Wildman–Crippen LogP) is 12.3. The van der Waals surface area contributed by atoms with Gasteiger partial charge in [0.2, 0.25) is 0 Å². The van der Waals surface area contributed by atoms with Gasteiger partial charge in [-0.05, 0) is 39.0 Å². The van der Waals surface area contributed by atoms with Crippen LogP contribution in [0.1, 0.15) is 213 Å². The zero-order chi connectivity index (χ0) is 41.4. The number of phosphoric acid groups is 1. The number of allylic oxidation sites excluding steroid dienone is 4. The van der Waals surface area contributed by atoms with E-state index in [9.17, 15) is 23.8 Å². The summed E-state index contributed by atoms with van der Waals surface area (Å²) in [6.07, 6.45) is 41.6. The number of phosphoric ester groups is 1. The first-order valence-corrected chi connectivity index (χ1v) is 24.1. The largest absolute Gasteiger partial charge is 0.472 e. The highest BCUT2D eigenvalue weighted by Crippen LogP contribution is 2.43. The molecule has 0 aliphatic carbocycles. The number of carbonyl (C=O) groups is 3. The number of carbonyl (C=O) groups excluding carboxylic acids is 3. The van der Waals surface area contributed by atoms with Gasteiger partial charge in [-0.3, -0.25) is 23.4 Å². The van der Waals surface area contributed by atoms with Crippen molar-refractivity contribution in [3.05, 3.63) is 24.3 Å². The van der Waals surface area contributed by atoms with Crippen LogP contribution in [0.3, 0.4) is 0 Å². The van der Waals surface area contributed by atoms with Gasteiger partial charge in [0.1, 0.15) is 12.4 Å². The number of ether oxygens (including phenoxy) is 2. The summed E-state index contributed by atoms with van der Waals surface area (Å²) in [7, 11) is -4.61. The fourth-order valence-corrected chi connectivity index (χ4v) is 7.00. The number of hydrogen-bond donors (Lipinski definition) is 2. The van der Waals surface area contributed by atoms with Crippen molar-refractivity contribution in [2.45, 2.75) is 226 Å². The van der Waals surface area contributed by atoms with Gasteiger partial charge >= 0.3 is 19.8 Å². The monoisotopic (exact) mass is 814 g/mol. The van der Waals surface area contributed by atoms with Crippen LogP contribution in [0, 0.1) is 0 Å². The summed E-state index contributed by atoms with van der Waals surface area (Å²) in [4.78, 5) is 46.5. The quantitative estimate of drug-likeness (QED) is 0.0264. The molecule has 0 aromatic carbocycles. The number of ketones is 1. The SMILES string of the molecule is CCCCCCCCCCCC/C=C\C/C=C\CCC(=O)OC(COC(=O)CCCCCCCCCCCCCCCCC)COP(=O)(O)OCC(N)C(C)=O. The summed E-state index contributed by atoms with van der Waals surface area (Å²) in [6, 6.07) is -1.08. The number of Topliss-reactive ketones (excluding diaryl/α,β-unsaturated/α-hetero) is 1. The average Bonchev–Trinajstić information content (AvgIpc) is 3.17. The number of rotatable bonds is 42. The minimum Gasteiger partial charge on any atom is -0.462 e. The number of hydrogen-bond acceptors (Lipinski definition) is 9. The van der Waals surface area contributed by atoms with E-state index in [0.717, 1.165) is 32.1 Å². The molecule has 11 heteroatoms. The van der Waals surface area contributed by atoms with Gasteiger partial charge in [-0.15, -0.1) is 0 Å². The Morgan fingerprint density at radius 1 is 0.554 bits per heavy atom. The van der Waals surface area contributed by atoms with E-state index in [1.54, 1.807) is 0 Å². The molecule has 56 heavy (non-hydrogen) atoms. The molecule has 10 nitrogen and oxygen atoms in total. The molecule has 0 bridgehead atoms. The summed E-state index contributed by atoms with van der Waals surface area (Å²) in [5.41, 5.74) is 5.58. The molecule has 328 valence electrons. The van der Waals surface area contributed by atoms with Crippen LogP contribution in [-0.2, 0) is 37.5 Å². The molecule has 0 aliphatic heterocycles. The van der Waals surface area contributed by atoms with E-state index in [1.807, 2.05) is 12.2 Å². The van der Waals surface area contributed by atoms with Crippen LogP contribution < -0.4 is 5.73 Å². The molecule has 0 rings (SSSR count). The standard InChI is InChI=1S/C45H84NO9P/c1-4-6-8-10-12-14-16-18-20-21-23-25-27-29-31-33-35-37-45(49)55-42(39-53-56(50,51)54-40-43(46)41(3)47)38-52-44(48)36-34-32-30-28-26-24-22-19-17-15-13-11-9-7-5-2/h25,27,31,33,42-43H,4-24,26,28-30,32,34-40,46H2,1-3H3,(H,50,51)/b27-25-,33-31-. The number of unbranched alkanes of at least 4 members (excludes halogenated alkanes) is 24. The maximum absolute atomic E-state index is 12.6. The van der Waals surface area contributed by atoms with Gasteiger partial charge in [0.25, 0.3) is 0 Å². The molecule has 0 saturated heterocycles. The van der Waals surface area contributed by atoms with Crippen LogP contribution in [0.2, 0.25) is 0 Å². The zero-order valence-corrected chi connectivity index (χ0v) is 36.9. The highest BCUT2D eigenvalue weighted by molar-refractivity contribution is 7.47. The Kier molecular flexibility index (Phi) is 38.6. The Morgan fingerprint density at radius 3 is 1.46 bits per heavy atom. The van der Waals surface area contributed by atoms with Gasteiger partial charge < -0.3 is 20.1 Å². The van der Waals surface area contributed by atoms with Crippen LogP contribution in [-0.4, -0.2) is 54.6 Å². The van der Waals surface area contributed by atoms with Crippen molar-refractivity contribution in [2.75, 3.05) is 19.8 Å². The lowest BCUT2D eigenvalue weighted by atomic mass is 10.0. The summed E-state index contributed by atoms with van der Waals surface area (Å²) < 4.78 is 33.0. The van der Waals surface area contributed by atoms with E-state index in [4.69, 9.17) is 24.3 Å². The minimum absolute atomic E-state index is 0.0864. The van der Waals surface area contributed by atoms with Crippen LogP contribution in [0.5, 0.6) is 0 Å². The molecule has 0 heterocycles. The van der Waals surface area contributed by atoms with Crippen molar-refractivity contribution < 1.29 is 42.4 Å². The highest BCUT2D eigenvalue weighted by Gasteiger charge is 2.27. The van der Waals surface area contributed by atoms with Gasteiger partial charge in [0.05, 0.1) is 19.3 Å². The first-order valence-electron chi connectivity index (χ1n) is 22.6. The molecule has 0 radical (unpaired) electrons.